The Bertz CT molecular complexity index is 394. The maximum absolute atomic E-state index is 11.7. The molecule has 0 aliphatic rings. The summed E-state index contributed by atoms with van der Waals surface area (Å²) in [6.45, 7) is 1.24. The van der Waals surface area contributed by atoms with Crippen LogP contribution in [-0.4, -0.2) is 50.2 Å². The third-order valence-electron chi connectivity index (χ3n) is 2.52. The quantitative estimate of drug-likeness (QED) is 0.769. The monoisotopic (exact) mass is 252 g/mol. The number of benzene rings is 1. The van der Waals surface area contributed by atoms with Gasteiger partial charge in [-0.05, 0) is 31.8 Å². The van der Waals surface area contributed by atoms with E-state index in [1.165, 1.54) is 0 Å². The van der Waals surface area contributed by atoms with Crippen LogP contribution in [0, 0.1) is 0 Å². The van der Waals surface area contributed by atoms with Gasteiger partial charge in [-0.15, -0.1) is 0 Å². The number of aliphatic hydroxyl groups excluding tert-OH is 1. The van der Waals surface area contributed by atoms with E-state index >= 15 is 0 Å². The molecule has 5 heteroatoms. The zero-order chi connectivity index (χ0) is 13.5. The Hall–Kier alpha value is -1.59. The fourth-order valence-corrected chi connectivity index (χ4v) is 1.46. The average molecular weight is 252 g/mol. The number of aliphatic hydroxyl groups is 1. The molecule has 0 aromatic heterocycles. The molecule has 0 spiro atoms. The molecule has 1 unspecified atom stereocenters. The Labute approximate surface area is 107 Å². The number of hydrogen-bond donors (Lipinski definition) is 2. The van der Waals surface area contributed by atoms with Gasteiger partial charge in [0.05, 0.1) is 7.11 Å². The van der Waals surface area contributed by atoms with Gasteiger partial charge in [0.1, 0.15) is 5.75 Å². The topological polar surface area (TPSA) is 61.8 Å². The van der Waals surface area contributed by atoms with Gasteiger partial charge in [0.15, 0.2) is 6.10 Å². The fourth-order valence-electron chi connectivity index (χ4n) is 1.46. The molecule has 0 aliphatic carbocycles. The maximum Gasteiger partial charge on any atom is 0.253 e. The third-order valence-corrected chi connectivity index (χ3v) is 2.52. The zero-order valence-corrected chi connectivity index (χ0v) is 11.0. The lowest BCUT2D eigenvalue weighted by atomic mass is 10.1. The van der Waals surface area contributed by atoms with Crippen LogP contribution in [0.1, 0.15) is 11.7 Å². The van der Waals surface area contributed by atoms with Crippen LogP contribution < -0.4 is 10.1 Å². The van der Waals surface area contributed by atoms with E-state index in [9.17, 15) is 9.90 Å². The van der Waals surface area contributed by atoms with Crippen molar-refractivity contribution in [3.63, 3.8) is 0 Å². The molecule has 1 atom stereocenters. The highest BCUT2D eigenvalue weighted by molar-refractivity contribution is 5.82. The van der Waals surface area contributed by atoms with Crippen LogP contribution in [-0.2, 0) is 4.79 Å². The smallest absolute Gasteiger partial charge is 0.253 e. The second kappa shape index (κ2) is 6.98. The normalized spacial score (nSPS) is 12.3. The molecule has 1 rings (SSSR count). The highest BCUT2D eigenvalue weighted by Gasteiger charge is 2.17. The summed E-state index contributed by atoms with van der Waals surface area (Å²) in [5, 5.41) is 12.6. The predicted molar refractivity (Wildman–Crippen MR) is 69.5 cm³/mol. The van der Waals surface area contributed by atoms with Crippen LogP contribution in [0.4, 0.5) is 0 Å². The number of methoxy groups -OCH3 is 1. The molecule has 0 saturated heterocycles. The second-order valence-electron chi connectivity index (χ2n) is 4.27. The lowest BCUT2D eigenvalue weighted by Gasteiger charge is -2.14. The Balaban J connectivity index is 2.56. The summed E-state index contributed by atoms with van der Waals surface area (Å²) in [6.07, 6.45) is -1.16. The summed E-state index contributed by atoms with van der Waals surface area (Å²) in [4.78, 5) is 13.7. The van der Waals surface area contributed by atoms with Crippen molar-refractivity contribution in [2.75, 3.05) is 34.3 Å². The van der Waals surface area contributed by atoms with Crippen LogP contribution in [0.15, 0.2) is 24.3 Å². The van der Waals surface area contributed by atoms with Gasteiger partial charge in [0.2, 0.25) is 0 Å². The van der Waals surface area contributed by atoms with E-state index in [1.54, 1.807) is 31.4 Å². The first-order valence-electron chi connectivity index (χ1n) is 5.79. The summed E-state index contributed by atoms with van der Waals surface area (Å²) in [5.74, 6) is 0.220. The molecule has 0 aliphatic heterocycles. The lowest BCUT2D eigenvalue weighted by Crippen LogP contribution is -2.34. The number of hydrogen-bond acceptors (Lipinski definition) is 4. The predicted octanol–water partition coefficient (Wildman–Crippen LogP) is 0.406. The van der Waals surface area contributed by atoms with E-state index in [0.717, 1.165) is 6.54 Å². The van der Waals surface area contributed by atoms with Crippen LogP contribution in [0.5, 0.6) is 5.75 Å². The van der Waals surface area contributed by atoms with Gasteiger partial charge in [-0.25, -0.2) is 0 Å². The summed E-state index contributed by atoms with van der Waals surface area (Å²) >= 11 is 0. The largest absolute Gasteiger partial charge is 0.497 e. The number of carbonyl (C=O) groups is 1. The molecule has 0 fully saturated rings. The van der Waals surface area contributed by atoms with Crippen molar-refractivity contribution < 1.29 is 14.6 Å². The second-order valence-corrected chi connectivity index (χ2v) is 4.27. The van der Waals surface area contributed by atoms with Crippen molar-refractivity contribution in [1.82, 2.24) is 10.2 Å². The fraction of sp³-hybridized carbons (Fsp3) is 0.462. The van der Waals surface area contributed by atoms with E-state index < -0.39 is 12.0 Å². The Morgan fingerprint density at radius 2 is 2.22 bits per heavy atom. The molecule has 100 valence electrons. The molecule has 18 heavy (non-hydrogen) atoms. The number of nitrogens with zero attached hydrogens (tertiary/aromatic N) is 1. The Morgan fingerprint density at radius 3 is 2.83 bits per heavy atom. The minimum Gasteiger partial charge on any atom is -0.497 e. The molecule has 0 saturated carbocycles. The number of likely N-dealkylation sites (N-methyl/N-ethyl adjacent to an activating group) is 1. The highest BCUT2D eigenvalue weighted by atomic mass is 16.5. The van der Waals surface area contributed by atoms with Gasteiger partial charge in [0, 0.05) is 13.1 Å². The van der Waals surface area contributed by atoms with Crippen LogP contribution >= 0.6 is 0 Å². The summed E-state index contributed by atoms with van der Waals surface area (Å²) < 4.78 is 5.05. The first-order valence-corrected chi connectivity index (χ1v) is 5.79. The van der Waals surface area contributed by atoms with Gasteiger partial charge >= 0.3 is 0 Å². The maximum atomic E-state index is 11.7. The van der Waals surface area contributed by atoms with Crippen molar-refractivity contribution >= 4 is 5.91 Å². The molecular formula is C13H20N2O3. The minimum atomic E-state index is -1.16. The van der Waals surface area contributed by atoms with Crippen molar-refractivity contribution in [2.24, 2.45) is 0 Å². The Kier molecular flexibility index (Phi) is 5.61. The molecule has 0 bridgehead atoms. The lowest BCUT2D eigenvalue weighted by molar-refractivity contribution is -0.129. The van der Waals surface area contributed by atoms with E-state index in [1.807, 2.05) is 19.0 Å². The molecular weight excluding hydrogens is 232 g/mol. The minimum absolute atomic E-state index is 0.398. The molecule has 0 heterocycles. The van der Waals surface area contributed by atoms with E-state index in [4.69, 9.17) is 4.74 Å². The molecule has 2 N–H and O–H groups in total. The zero-order valence-electron chi connectivity index (χ0n) is 11.0. The molecule has 1 aromatic rings. The Morgan fingerprint density at radius 1 is 1.50 bits per heavy atom. The van der Waals surface area contributed by atoms with Crippen molar-refractivity contribution in [3.8, 4) is 5.75 Å². The van der Waals surface area contributed by atoms with Gasteiger partial charge in [-0.1, -0.05) is 12.1 Å². The van der Waals surface area contributed by atoms with E-state index in [-0.39, 0.29) is 0 Å². The van der Waals surface area contributed by atoms with Gasteiger partial charge < -0.3 is 20.1 Å². The first-order chi connectivity index (χ1) is 8.54. The van der Waals surface area contributed by atoms with Gasteiger partial charge in [0.25, 0.3) is 5.91 Å². The number of carbonyl (C=O) groups excluding carboxylic acids is 1. The van der Waals surface area contributed by atoms with E-state index in [0.29, 0.717) is 17.9 Å². The van der Waals surface area contributed by atoms with Crippen molar-refractivity contribution in [2.45, 2.75) is 6.10 Å². The summed E-state index contributed by atoms with van der Waals surface area (Å²) in [5.41, 5.74) is 0.525. The van der Waals surface area contributed by atoms with Crippen LogP contribution in [0.3, 0.4) is 0 Å². The first kappa shape index (κ1) is 14.5. The van der Waals surface area contributed by atoms with Crippen molar-refractivity contribution in [1.29, 1.82) is 0 Å². The standard InChI is InChI=1S/C13H20N2O3/c1-15(2)8-7-14-13(17)12(16)10-5-4-6-11(9-10)18-3/h4-6,9,12,16H,7-8H2,1-3H3,(H,14,17). The van der Waals surface area contributed by atoms with Crippen LogP contribution in [0.2, 0.25) is 0 Å². The summed E-state index contributed by atoms with van der Waals surface area (Å²) in [6, 6.07) is 6.85. The SMILES string of the molecule is COc1cccc(C(O)C(=O)NCCN(C)C)c1. The number of nitrogens with one attached hydrogen (secondary N) is 1. The number of amides is 1. The molecule has 1 aromatic carbocycles. The molecule has 1 amide bonds. The van der Waals surface area contributed by atoms with Crippen LogP contribution in [0.25, 0.3) is 0 Å². The molecule has 5 nitrogen and oxygen atoms in total. The summed E-state index contributed by atoms with van der Waals surface area (Å²) in [7, 11) is 5.39. The third kappa shape index (κ3) is 4.35. The number of rotatable bonds is 6. The average Bonchev–Trinajstić information content (AvgIpc) is 2.37. The molecule has 0 radical (unpaired) electrons. The van der Waals surface area contributed by atoms with Crippen molar-refractivity contribution in [3.05, 3.63) is 29.8 Å². The van der Waals surface area contributed by atoms with Gasteiger partial charge in [-0.3, -0.25) is 4.79 Å². The number of ether oxygens (including phenoxy) is 1. The van der Waals surface area contributed by atoms with E-state index in [2.05, 4.69) is 5.32 Å². The highest BCUT2D eigenvalue weighted by Crippen LogP contribution is 2.18. The van der Waals surface area contributed by atoms with Gasteiger partial charge in [-0.2, -0.15) is 0 Å².